The molecule has 1 N–H and O–H groups in total. The minimum Gasteiger partial charge on any atom is -0.492 e. The van der Waals surface area contributed by atoms with Crippen LogP contribution in [0.5, 0.6) is 17.2 Å². The van der Waals surface area contributed by atoms with Crippen LogP contribution in [0.15, 0.2) is 18.2 Å². The largest absolute Gasteiger partial charge is 0.492 e. The number of sulfone groups is 1. The maximum absolute atomic E-state index is 11.6. The van der Waals surface area contributed by atoms with E-state index in [1.165, 1.54) is 6.92 Å². The number of ether oxygens (including phenoxy) is 3. The second-order valence-corrected chi connectivity index (χ2v) is 6.99. The summed E-state index contributed by atoms with van der Waals surface area (Å²) in [5.41, 5.74) is 0. The molecule has 1 heterocycles. The first-order valence-electron chi connectivity index (χ1n) is 6.37. The van der Waals surface area contributed by atoms with E-state index in [1.54, 1.807) is 18.2 Å². The zero-order valence-electron chi connectivity index (χ0n) is 11.8. The highest BCUT2D eigenvalue weighted by Crippen LogP contribution is 2.34. The van der Waals surface area contributed by atoms with E-state index in [0.29, 0.717) is 17.2 Å². The zero-order valence-corrected chi connectivity index (χ0v) is 12.6. The van der Waals surface area contributed by atoms with Gasteiger partial charge in [-0.15, -0.1) is 0 Å². The Balaban J connectivity index is 1.76. The lowest BCUT2D eigenvalue weighted by Crippen LogP contribution is -2.39. The first-order chi connectivity index (χ1) is 9.88. The molecule has 1 aliphatic rings. The third-order valence-electron chi connectivity index (χ3n) is 3.03. The van der Waals surface area contributed by atoms with Gasteiger partial charge < -0.3 is 19.5 Å². The number of carbonyl (C=O) groups excluding carboxylic acids is 1. The molecule has 1 aromatic carbocycles. The van der Waals surface area contributed by atoms with Gasteiger partial charge in [-0.25, -0.2) is 8.42 Å². The number of fused-ring (bicyclic) bond motifs is 1. The molecule has 0 fully saturated rings. The molecule has 1 amide bonds. The van der Waals surface area contributed by atoms with Gasteiger partial charge in [0.05, 0.1) is 6.54 Å². The monoisotopic (exact) mass is 315 g/mol. The summed E-state index contributed by atoms with van der Waals surface area (Å²) in [5, 5.41) is 1.45. The molecule has 0 spiro atoms. The van der Waals surface area contributed by atoms with Crippen molar-refractivity contribution in [2.24, 2.45) is 0 Å². The minimum atomic E-state index is -3.38. The van der Waals surface area contributed by atoms with Gasteiger partial charge in [0.15, 0.2) is 21.3 Å². The zero-order chi connectivity index (χ0) is 15.5. The predicted octanol–water partition coefficient (Wildman–Crippen LogP) is 0.343. The van der Waals surface area contributed by atoms with Gasteiger partial charge in [-0.05, 0) is 19.1 Å². The van der Waals surface area contributed by atoms with Crippen LogP contribution in [0.25, 0.3) is 0 Å². The average Bonchev–Trinajstić information content (AvgIpc) is 2.89. The maximum Gasteiger partial charge on any atom is 0.238 e. The second-order valence-electron chi connectivity index (χ2n) is 4.63. The topological polar surface area (TPSA) is 90.9 Å². The Bertz CT molecular complexity index is 628. The molecule has 1 aliphatic heterocycles. The number of amides is 1. The Morgan fingerprint density at radius 1 is 1.38 bits per heavy atom. The summed E-state index contributed by atoms with van der Waals surface area (Å²) >= 11 is 0. The smallest absolute Gasteiger partial charge is 0.238 e. The number of rotatable bonds is 6. The highest BCUT2D eigenvalue weighted by atomic mass is 32.2. The summed E-state index contributed by atoms with van der Waals surface area (Å²) in [6.45, 7) is 1.98. The third kappa shape index (κ3) is 4.01. The Kier molecular flexibility index (Phi) is 4.56. The summed E-state index contributed by atoms with van der Waals surface area (Å²) in [5.74, 6) is 1.33. The van der Waals surface area contributed by atoms with Crippen molar-refractivity contribution in [2.75, 3.05) is 26.2 Å². The van der Waals surface area contributed by atoms with E-state index in [-0.39, 0.29) is 19.9 Å². The SMILES string of the molecule is CC(C(=O)NCCOc1ccc2c(c1)OCO2)S(C)(=O)=O. The van der Waals surface area contributed by atoms with Gasteiger partial charge in [-0.3, -0.25) is 4.79 Å². The van der Waals surface area contributed by atoms with Crippen molar-refractivity contribution in [1.29, 1.82) is 0 Å². The molecule has 21 heavy (non-hydrogen) atoms. The molecule has 0 aliphatic carbocycles. The summed E-state index contributed by atoms with van der Waals surface area (Å²) in [6.07, 6.45) is 1.03. The van der Waals surface area contributed by atoms with Crippen LogP contribution in [0.1, 0.15) is 6.92 Å². The Morgan fingerprint density at radius 3 is 2.81 bits per heavy atom. The van der Waals surface area contributed by atoms with Crippen LogP contribution < -0.4 is 19.5 Å². The second kappa shape index (κ2) is 6.21. The molecule has 0 radical (unpaired) electrons. The fraction of sp³-hybridized carbons (Fsp3) is 0.462. The molecule has 1 aromatic rings. The molecule has 1 unspecified atom stereocenters. The Labute approximate surface area is 123 Å². The van der Waals surface area contributed by atoms with Crippen LogP contribution in [0, 0.1) is 0 Å². The van der Waals surface area contributed by atoms with Gasteiger partial charge in [0, 0.05) is 12.3 Å². The van der Waals surface area contributed by atoms with E-state index in [0.717, 1.165) is 6.26 Å². The van der Waals surface area contributed by atoms with Crippen LogP contribution in [0.2, 0.25) is 0 Å². The lowest BCUT2D eigenvalue weighted by Gasteiger charge is -2.11. The van der Waals surface area contributed by atoms with E-state index < -0.39 is 21.0 Å². The molecule has 2 rings (SSSR count). The summed E-state index contributed by atoms with van der Waals surface area (Å²) in [7, 11) is -3.38. The van der Waals surface area contributed by atoms with E-state index in [9.17, 15) is 13.2 Å². The summed E-state index contributed by atoms with van der Waals surface area (Å²) in [6, 6.07) is 5.17. The highest BCUT2D eigenvalue weighted by Gasteiger charge is 2.22. The van der Waals surface area contributed by atoms with Gasteiger partial charge in [0.2, 0.25) is 12.7 Å². The number of hydrogen-bond donors (Lipinski definition) is 1. The van der Waals surface area contributed by atoms with Gasteiger partial charge in [-0.1, -0.05) is 0 Å². The van der Waals surface area contributed by atoms with Gasteiger partial charge in [-0.2, -0.15) is 0 Å². The Morgan fingerprint density at radius 2 is 2.10 bits per heavy atom. The lowest BCUT2D eigenvalue weighted by atomic mass is 10.3. The van der Waals surface area contributed by atoms with E-state index in [1.807, 2.05) is 0 Å². The molecule has 116 valence electrons. The van der Waals surface area contributed by atoms with Crippen molar-refractivity contribution >= 4 is 15.7 Å². The maximum atomic E-state index is 11.6. The van der Waals surface area contributed by atoms with Crippen LogP contribution in [0.4, 0.5) is 0 Å². The van der Waals surface area contributed by atoms with Crippen LogP contribution in [0.3, 0.4) is 0 Å². The highest BCUT2D eigenvalue weighted by molar-refractivity contribution is 7.92. The van der Waals surface area contributed by atoms with Crippen LogP contribution in [-0.4, -0.2) is 45.8 Å². The van der Waals surface area contributed by atoms with Crippen LogP contribution in [-0.2, 0) is 14.6 Å². The first kappa shape index (κ1) is 15.4. The number of benzene rings is 1. The van der Waals surface area contributed by atoms with Crippen molar-refractivity contribution < 1.29 is 27.4 Å². The van der Waals surface area contributed by atoms with E-state index >= 15 is 0 Å². The molecule has 7 nitrogen and oxygen atoms in total. The van der Waals surface area contributed by atoms with Gasteiger partial charge in [0.25, 0.3) is 0 Å². The first-order valence-corrected chi connectivity index (χ1v) is 8.32. The fourth-order valence-corrected chi connectivity index (χ4v) is 2.12. The molecule has 0 saturated heterocycles. The molecular formula is C13H17NO6S. The normalized spacial score (nSPS) is 14.6. The molecule has 0 bridgehead atoms. The van der Waals surface area contributed by atoms with Crippen LogP contribution >= 0.6 is 0 Å². The standard InChI is InChI=1S/C13H17NO6S/c1-9(21(2,16)17)13(15)14-5-6-18-10-3-4-11-12(7-10)20-8-19-11/h3-4,7,9H,5-6,8H2,1-2H3,(H,14,15). The minimum absolute atomic E-state index is 0.193. The average molecular weight is 315 g/mol. The summed E-state index contributed by atoms with van der Waals surface area (Å²) < 4.78 is 38.3. The van der Waals surface area contributed by atoms with Crippen molar-refractivity contribution in [3.05, 3.63) is 18.2 Å². The number of nitrogens with one attached hydrogen (secondary N) is 1. The summed E-state index contributed by atoms with van der Waals surface area (Å²) in [4.78, 5) is 11.6. The molecule has 0 saturated carbocycles. The lowest BCUT2D eigenvalue weighted by molar-refractivity contribution is -0.120. The number of hydrogen-bond acceptors (Lipinski definition) is 6. The molecular weight excluding hydrogens is 298 g/mol. The van der Waals surface area contributed by atoms with E-state index in [2.05, 4.69) is 5.32 Å². The van der Waals surface area contributed by atoms with Crippen molar-refractivity contribution in [2.45, 2.75) is 12.2 Å². The fourth-order valence-electron chi connectivity index (χ4n) is 1.65. The molecule has 8 heteroatoms. The van der Waals surface area contributed by atoms with E-state index in [4.69, 9.17) is 14.2 Å². The molecule has 1 atom stereocenters. The van der Waals surface area contributed by atoms with Crippen molar-refractivity contribution in [3.8, 4) is 17.2 Å². The molecule has 0 aromatic heterocycles. The van der Waals surface area contributed by atoms with Crippen molar-refractivity contribution in [1.82, 2.24) is 5.32 Å². The van der Waals surface area contributed by atoms with Gasteiger partial charge in [0.1, 0.15) is 17.6 Å². The quantitative estimate of drug-likeness (QED) is 0.761. The predicted molar refractivity (Wildman–Crippen MR) is 75.4 cm³/mol. The van der Waals surface area contributed by atoms with Gasteiger partial charge >= 0.3 is 0 Å². The van der Waals surface area contributed by atoms with Crippen molar-refractivity contribution in [3.63, 3.8) is 0 Å². The third-order valence-corrected chi connectivity index (χ3v) is 4.52. The number of carbonyl (C=O) groups is 1. The Hall–Kier alpha value is -1.96.